The van der Waals surface area contributed by atoms with E-state index in [1.165, 1.54) is 24.3 Å². The standard InChI is InChI=1S/C27H28F2N6O4/c1-13-22(11-18-17-9-15(28)3-5-20(17)35-26(18)38)33-14(2)25(13)27(39)31-8-7-23(36)32-12-24(37)34-21-6-4-16(29)10-19(21)30/h3-6,9-10,18,33H,7-8,11-12,30H2,1-2H3,(H,31,39)(H,32,36)(H,34,37)(H,35,38). The number of carbonyl (C=O) groups is 4. The summed E-state index contributed by atoms with van der Waals surface area (Å²) in [6, 6.07) is 7.68. The number of aryl methyl sites for hydroxylation is 1. The Labute approximate surface area is 222 Å². The number of aromatic nitrogens is 1. The third-order valence-corrected chi connectivity index (χ3v) is 6.51. The molecule has 1 aliphatic heterocycles. The summed E-state index contributed by atoms with van der Waals surface area (Å²) in [5.74, 6) is -3.20. The highest BCUT2D eigenvalue weighted by Gasteiger charge is 2.32. The lowest BCUT2D eigenvalue weighted by molar-refractivity contribution is -0.124. The van der Waals surface area contributed by atoms with Crippen LogP contribution < -0.4 is 27.0 Å². The Morgan fingerprint density at radius 3 is 2.46 bits per heavy atom. The number of aromatic amines is 1. The molecule has 1 aromatic heterocycles. The van der Waals surface area contributed by atoms with E-state index in [0.29, 0.717) is 33.8 Å². The topological polar surface area (TPSA) is 158 Å². The number of carbonyl (C=O) groups excluding carboxylic acids is 4. The number of amides is 4. The first-order valence-electron chi connectivity index (χ1n) is 12.2. The van der Waals surface area contributed by atoms with E-state index in [9.17, 15) is 28.0 Å². The molecule has 204 valence electrons. The fraction of sp³-hybridized carbons (Fsp3) is 0.259. The highest BCUT2D eigenvalue weighted by molar-refractivity contribution is 6.03. The van der Waals surface area contributed by atoms with Gasteiger partial charge in [0.25, 0.3) is 5.91 Å². The van der Waals surface area contributed by atoms with Crippen LogP contribution in [0.15, 0.2) is 36.4 Å². The second kappa shape index (κ2) is 11.3. The van der Waals surface area contributed by atoms with E-state index in [2.05, 4.69) is 26.3 Å². The molecule has 0 spiro atoms. The summed E-state index contributed by atoms with van der Waals surface area (Å²) < 4.78 is 26.9. The molecule has 4 rings (SSSR count). The Hall–Kier alpha value is -4.74. The van der Waals surface area contributed by atoms with E-state index < -0.39 is 35.3 Å². The Morgan fingerprint density at radius 2 is 1.72 bits per heavy atom. The smallest absolute Gasteiger partial charge is 0.253 e. The molecular weight excluding hydrogens is 510 g/mol. The van der Waals surface area contributed by atoms with Crippen molar-refractivity contribution in [2.75, 3.05) is 29.5 Å². The van der Waals surface area contributed by atoms with E-state index in [4.69, 9.17) is 5.73 Å². The molecule has 12 heteroatoms. The zero-order valence-electron chi connectivity index (χ0n) is 21.3. The second-order valence-corrected chi connectivity index (χ2v) is 9.27. The Morgan fingerprint density at radius 1 is 1.00 bits per heavy atom. The summed E-state index contributed by atoms with van der Waals surface area (Å²) in [5.41, 5.74) is 9.40. The largest absolute Gasteiger partial charge is 0.397 e. The maximum Gasteiger partial charge on any atom is 0.253 e. The Bertz CT molecular complexity index is 1470. The minimum Gasteiger partial charge on any atom is -0.397 e. The van der Waals surface area contributed by atoms with Crippen LogP contribution in [0, 0.1) is 25.5 Å². The van der Waals surface area contributed by atoms with Crippen molar-refractivity contribution in [2.24, 2.45) is 0 Å². The first kappa shape index (κ1) is 27.3. The van der Waals surface area contributed by atoms with Crippen molar-refractivity contribution >= 4 is 40.7 Å². The SMILES string of the molecule is Cc1[nH]c(CC2C(=O)Nc3ccc(F)cc32)c(C)c1C(=O)NCCC(=O)NCC(=O)Nc1ccc(F)cc1N. The number of nitrogen functional groups attached to an aromatic ring is 1. The zero-order valence-corrected chi connectivity index (χ0v) is 21.3. The lowest BCUT2D eigenvalue weighted by Crippen LogP contribution is -2.35. The summed E-state index contributed by atoms with van der Waals surface area (Å²) in [4.78, 5) is 52.7. The molecule has 0 radical (unpaired) electrons. The van der Waals surface area contributed by atoms with Crippen LogP contribution in [0.25, 0.3) is 0 Å². The first-order chi connectivity index (χ1) is 18.5. The highest BCUT2D eigenvalue weighted by Crippen LogP contribution is 2.36. The molecule has 2 aromatic carbocycles. The molecule has 1 atom stereocenters. The molecule has 1 unspecified atom stereocenters. The van der Waals surface area contributed by atoms with Crippen LogP contribution in [0.1, 0.15) is 45.2 Å². The molecule has 4 amide bonds. The van der Waals surface area contributed by atoms with Crippen LogP contribution >= 0.6 is 0 Å². The zero-order chi connectivity index (χ0) is 28.3. The minimum atomic E-state index is -0.594. The molecule has 0 aliphatic carbocycles. The van der Waals surface area contributed by atoms with Gasteiger partial charge in [-0.25, -0.2) is 8.78 Å². The van der Waals surface area contributed by atoms with Gasteiger partial charge in [-0.15, -0.1) is 0 Å². The van der Waals surface area contributed by atoms with Crippen LogP contribution in [-0.4, -0.2) is 41.7 Å². The number of anilines is 3. The number of halogens is 2. The Balaban J connectivity index is 1.27. The van der Waals surface area contributed by atoms with Crippen molar-refractivity contribution < 1.29 is 28.0 Å². The minimum absolute atomic E-state index is 0.0221. The monoisotopic (exact) mass is 538 g/mol. The van der Waals surface area contributed by atoms with E-state index in [1.807, 2.05) is 0 Å². The molecule has 2 heterocycles. The van der Waals surface area contributed by atoms with Gasteiger partial charge in [-0.2, -0.15) is 0 Å². The van der Waals surface area contributed by atoms with E-state index in [0.717, 1.165) is 12.1 Å². The molecular formula is C27H28F2N6O4. The average Bonchev–Trinajstić information content (AvgIpc) is 3.33. The average molecular weight is 539 g/mol. The normalized spacial score (nSPS) is 13.9. The second-order valence-electron chi connectivity index (χ2n) is 9.27. The Kier molecular flexibility index (Phi) is 7.93. The summed E-state index contributed by atoms with van der Waals surface area (Å²) in [7, 11) is 0. The first-order valence-corrected chi connectivity index (χ1v) is 12.2. The van der Waals surface area contributed by atoms with Gasteiger partial charge in [0.2, 0.25) is 17.7 Å². The van der Waals surface area contributed by atoms with Crippen molar-refractivity contribution in [1.29, 1.82) is 0 Å². The molecule has 0 saturated heterocycles. The van der Waals surface area contributed by atoms with Crippen LogP contribution in [-0.2, 0) is 20.8 Å². The van der Waals surface area contributed by atoms with Crippen molar-refractivity contribution in [1.82, 2.24) is 15.6 Å². The van der Waals surface area contributed by atoms with E-state index >= 15 is 0 Å². The number of nitrogens with one attached hydrogen (secondary N) is 5. The van der Waals surface area contributed by atoms with Crippen LogP contribution in [0.2, 0.25) is 0 Å². The summed E-state index contributed by atoms with van der Waals surface area (Å²) in [6.07, 6.45) is 0.188. The van der Waals surface area contributed by atoms with Gasteiger partial charge in [-0.3, -0.25) is 19.2 Å². The van der Waals surface area contributed by atoms with Crippen molar-refractivity contribution in [2.45, 2.75) is 32.6 Å². The maximum absolute atomic E-state index is 13.8. The lowest BCUT2D eigenvalue weighted by atomic mass is 9.94. The van der Waals surface area contributed by atoms with E-state index in [-0.39, 0.29) is 43.2 Å². The molecule has 10 nitrogen and oxygen atoms in total. The van der Waals surface area contributed by atoms with Gasteiger partial charge < -0.3 is 32.0 Å². The highest BCUT2D eigenvalue weighted by atomic mass is 19.1. The van der Waals surface area contributed by atoms with Crippen molar-refractivity contribution in [3.8, 4) is 0 Å². The van der Waals surface area contributed by atoms with Gasteiger partial charge in [0.1, 0.15) is 11.6 Å². The van der Waals surface area contributed by atoms with Gasteiger partial charge in [0.15, 0.2) is 0 Å². The van der Waals surface area contributed by atoms with Gasteiger partial charge in [-0.1, -0.05) is 0 Å². The molecule has 0 fully saturated rings. The number of fused-ring (bicyclic) bond motifs is 1. The predicted octanol–water partition coefficient (Wildman–Crippen LogP) is 2.65. The van der Waals surface area contributed by atoms with Gasteiger partial charge in [-0.05, 0) is 61.4 Å². The number of H-pyrrole nitrogens is 1. The molecule has 0 bridgehead atoms. The van der Waals surface area contributed by atoms with Crippen LogP contribution in [0.3, 0.4) is 0 Å². The number of rotatable bonds is 9. The van der Waals surface area contributed by atoms with E-state index in [1.54, 1.807) is 13.8 Å². The predicted molar refractivity (Wildman–Crippen MR) is 141 cm³/mol. The van der Waals surface area contributed by atoms with Crippen molar-refractivity contribution in [3.05, 3.63) is 76.1 Å². The third kappa shape index (κ3) is 6.22. The van der Waals surface area contributed by atoms with Crippen molar-refractivity contribution in [3.63, 3.8) is 0 Å². The summed E-state index contributed by atoms with van der Waals surface area (Å²) in [5, 5.41) is 10.4. The summed E-state index contributed by atoms with van der Waals surface area (Å²) >= 11 is 0. The van der Waals surface area contributed by atoms with Gasteiger partial charge in [0, 0.05) is 36.5 Å². The fourth-order valence-corrected chi connectivity index (χ4v) is 4.55. The number of nitrogens with two attached hydrogens (primary N) is 1. The molecule has 3 aromatic rings. The maximum atomic E-state index is 13.8. The number of benzene rings is 2. The summed E-state index contributed by atoms with van der Waals surface area (Å²) in [6.45, 7) is 3.18. The number of hydrogen-bond acceptors (Lipinski definition) is 5. The van der Waals surface area contributed by atoms with Gasteiger partial charge >= 0.3 is 0 Å². The van der Waals surface area contributed by atoms with Gasteiger partial charge in [0.05, 0.1) is 29.4 Å². The molecule has 0 saturated carbocycles. The van der Waals surface area contributed by atoms with Crippen LogP contribution in [0.5, 0.6) is 0 Å². The molecule has 39 heavy (non-hydrogen) atoms. The molecule has 7 N–H and O–H groups in total. The number of hydrogen-bond donors (Lipinski definition) is 6. The quantitative estimate of drug-likeness (QED) is 0.231. The van der Waals surface area contributed by atoms with Crippen LogP contribution in [0.4, 0.5) is 25.8 Å². The third-order valence-electron chi connectivity index (χ3n) is 6.51. The molecule has 1 aliphatic rings. The fourth-order valence-electron chi connectivity index (χ4n) is 4.55. The lowest BCUT2D eigenvalue weighted by Gasteiger charge is -2.10.